The van der Waals surface area contributed by atoms with Gasteiger partial charge < -0.3 is 10.6 Å². The summed E-state index contributed by atoms with van der Waals surface area (Å²) in [6, 6.07) is 12.3. The molecule has 0 spiro atoms. The molecule has 21 heavy (non-hydrogen) atoms. The minimum atomic E-state index is 0.872. The number of pyridine rings is 1. The summed E-state index contributed by atoms with van der Waals surface area (Å²) >= 11 is 1.53. The molecule has 0 atom stereocenters. The summed E-state index contributed by atoms with van der Waals surface area (Å²) in [5, 5.41) is 9.28. The summed E-state index contributed by atoms with van der Waals surface area (Å²) in [5.41, 5.74) is 2.29. The van der Waals surface area contributed by atoms with Gasteiger partial charge in [0.2, 0.25) is 0 Å². The average molecular weight is 298 g/mol. The maximum Gasteiger partial charge on any atom is 0.117 e. The first-order valence-electron chi connectivity index (χ1n) is 7.11. The fourth-order valence-corrected chi connectivity index (χ4v) is 2.95. The number of nitrogens with one attached hydrogen (secondary N) is 2. The molecule has 0 aliphatic heterocycles. The van der Waals surface area contributed by atoms with E-state index in [1.54, 1.807) is 6.20 Å². The summed E-state index contributed by atoms with van der Waals surface area (Å²) in [7, 11) is 0. The van der Waals surface area contributed by atoms with Gasteiger partial charge in [-0.05, 0) is 48.3 Å². The molecular formula is C16H18N4S. The van der Waals surface area contributed by atoms with Crippen LogP contribution in [0.2, 0.25) is 0 Å². The number of hydrogen-bond donors (Lipinski definition) is 2. The third kappa shape index (κ3) is 3.77. The number of rotatable bonds is 7. The second kappa shape index (κ2) is 7.15. The van der Waals surface area contributed by atoms with Crippen molar-refractivity contribution in [2.75, 3.05) is 18.4 Å². The van der Waals surface area contributed by atoms with Gasteiger partial charge >= 0.3 is 0 Å². The zero-order valence-corrected chi connectivity index (χ0v) is 12.6. The Hall–Kier alpha value is -1.98. The molecule has 0 saturated carbocycles. The van der Waals surface area contributed by atoms with E-state index in [4.69, 9.17) is 0 Å². The maximum atomic E-state index is 4.43. The highest BCUT2D eigenvalue weighted by molar-refractivity contribution is 7.11. The van der Waals surface area contributed by atoms with Crippen molar-refractivity contribution >= 4 is 27.4 Å². The molecule has 5 heteroatoms. The topological polar surface area (TPSA) is 49.8 Å². The fraction of sp³-hybridized carbons (Fsp3) is 0.250. The van der Waals surface area contributed by atoms with E-state index >= 15 is 0 Å². The van der Waals surface area contributed by atoms with Crippen molar-refractivity contribution in [3.63, 3.8) is 0 Å². The van der Waals surface area contributed by atoms with Gasteiger partial charge in [0.15, 0.2) is 0 Å². The minimum Gasteiger partial charge on any atom is -0.375 e. The molecule has 3 rings (SSSR count). The van der Waals surface area contributed by atoms with Crippen LogP contribution in [0.3, 0.4) is 0 Å². The quantitative estimate of drug-likeness (QED) is 0.657. The molecule has 0 aliphatic carbocycles. The van der Waals surface area contributed by atoms with Gasteiger partial charge in [0.1, 0.15) is 5.00 Å². The predicted octanol–water partition coefficient (Wildman–Crippen LogP) is 3.28. The lowest BCUT2D eigenvalue weighted by atomic mass is 10.2. The highest BCUT2D eigenvalue weighted by Crippen LogP contribution is 2.26. The molecule has 2 aromatic heterocycles. The Morgan fingerprint density at radius 1 is 1.05 bits per heavy atom. The van der Waals surface area contributed by atoms with Gasteiger partial charge in [0, 0.05) is 30.9 Å². The van der Waals surface area contributed by atoms with E-state index in [9.17, 15) is 0 Å². The Balaban J connectivity index is 1.39. The molecule has 0 unspecified atom stereocenters. The lowest BCUT2D eigenvalue weighted by Crippen LogP contribution is -2.17. The van der Waals surface area contributed by atoms with E-state index in [0.29, 0.717) is 0 Å². The van der Waals surface area contributed by atoms with Crippen LogP contribution in [0.5, 0.6) is 0 Å². The second-order valence-corrected chi connectivity index (χ2v) is 5.62. The van der Waals surface area contributed by atoms with Crippen LogP contribution in [0.4, 0.5) is 5.00 Å². The Morgan fingerprint density at radius 3 is 2.90 bits per heavy atom. The smallest absolute Gasteiger partial charge is 0.117 e. The Bertz CT molecular complexity index is 681. The standard InChI is InChI=1S/C16H18N4S/c1-2-7-15-14(6-1)16(21-20-15)19-10-4-9-18-12-13-5-3-8-17-11-13/h1-3,5-8,11,18-19H,4,9-10,12H2. The maximum absolute atomic E-state index is 4.43. The van der Waals surface area contributed by atoms with Crippen LogP contribution in [0.1, 0.15) is 12.0 Å². The molecule has 0 saturated heterocycles. The van der Waals surface area contributed by atoms with E-state index in [2.05, 4.69) is 38.2 Å². The zero-order chi connectivity index (χ0) is 14.3. The number of hydrogen-bond acceptors (Lipinski definition) is 5. The first kappa shape index (κ1) is 14.0. The van der Waals surface area contributed by atoms with Gasteiger partial charge in [-0.15, -0.1) is 0 Å². The molecule has 0 bridgehead atoms. The molecule has 2 N–H and O–H groups in total. The fourth-order valence-electron chi connectivity index (χ4n) is 2.17. The molecule has 3 aromatic rings. The molecule has 4 nitrogen and oxygen atoms in total. The Morgan fingerprint density at radius 2 is 2.00 bits per heavy atom. The summed E-state index contributed by atoms with van der Waals surface area (Å²) in [6.45, 7) is 2.81. The lowest BCUT2D eigenvalue weighted by Gasteiger charge is -2.06. The average Bonchev–Trinajstić information content (AvgIpc) is 2.95. The summed E-state index contributed by atoms with van der Waals surface area (Å²) in [4.78, 5) is 4.10. The number of benzene rings is 1. The largest absolute Gasteiger partial charge is 0.375 e. The lowest BCUT2D eigenvalue weighted by molar-refractivity contribution is 0.662. The van der Waals surface area contributed by atoms with Crippen LogP contribution < -0.4 is 10.6 Å². The number of aromatic nitrogens is 2. The van der Waals surface area contributed by atoms with Gasteiger partial charge in [-0.2, -0.15) is 4.37 Å². The Kier molecular flexibility index (Phi) is 4.76. The monoisotopic (exact) mass is 298 g/mol. The minimum absolute atomic E-state index is 0.872. The van der Waals surface area contributed by atoms with Crippen molar-refractivity contribution in [3.8, 4) is 0 Å². The van der Waals surface area contributed by atoms with Gasteiger partial charge in [-0.1, -0.05) is 18.2 Å². The number of fused-ring (bicyclic) bond motifs is 1. The van der Waals surface area contributed by atoms with Gasteiger partial charge in [0.05, 0.1) is 5.52 Å². The summed E-state index contributed by atoms with van der Waals surface area (Å²) < 4.78 is 4.43. The molecular weight excluding hydrogens is 280 g/mol. The molecule has 0 radical (unpaired) electrons. The van der Waals surface area contributed by atoms with E-state index in [1.165, 1.54) is 22.5 Å². The van der Waals surface area contributed by atoms with Gasteiger partial charge in [-0.25, -0.2) is 0 Å². The number of anilines is 1. The van der Waals surface area contributed by atoms with Crippen molar-refractivity contribution in [3.05, 3.63) is 54.4 Å². The van der Waals surface area contributed by atoms with Crippen molar-refractivity contribution in [2.24, 2.45) is 0 Å². The van der Waals surface area contributed by atoms with Crippen LogP contribution >= 0.6 is 11.5 Å². The highest BCUT2D eigenvalue weighted by atomic mass is 32.1. The molecule has 108 valence electrons. The first-order chi connectivity index (χ1) is 10.4. The molecule has 2 heterocycles. The van der Waals surface area contributed by atoms with Crippen LogP contribution in [-0.2, 0) is 6.54 Å². The third-order valence-corrected chi connectivity index (χ3v) is 4.09. The second-order valence-electron chi connectivity index (χ2n) is 4.85. The normalized spacial score (nSPS) is 10.9. The van der Waals surface area contributed by atoms with Crippen LogP contribution in [0, 0.1) is 0 Å². The van der Waals surface area contributed by atoms with E-state index in [1.807, 2.05) is 24.4 Å². The third-order valence-electron chi connectivity index (χ3n) is 3.25. The van der Waals surface area contributed by atoms with Gasteiger partial charge in [0.25, 0.3) is 0 Å². The molecule has 0 aliphatic rings. The van der Waals surface area contributed by atoms with E-state index < -0.39 is 0 Å². The summed E-state index contributed by atoms with van der Waals surface area (Å²) in [6.07, 6.45) is 4.77. The van der Waals surface area contributed by atoms with E-state index in [0.717, 1.165) is 36.6 Å². The molecule has 0 fully saturated rings. The van der Waals surface area contributed by atoms with Crippen molar-refractivity contribution < 1.29 is 0 Å². The van der Waals surface area contributed by atoms with E-state index in [-0.39, 0.29) is 0 Å². The van der Waals surface area contributed by atoms with Crippen LogP contribution in [0.25, 0.3) is 10.9 Å². The SMILES string of the molecule is c1cncc(CNCCCNc2snc3ccccc23)c1. The Labute approximate surface area is 128 Å². The molecule has 0 amide bonds. The van der Waals surface area contributed by atoms with Crippen molar-refractivity contribution in [2.45, 2.75) is 13.0 Å². The van der Waals surface area contributed by atoms with Crippen LogP contribution in [0.15, 0.2) is 48.8 Å². The zero-order valence-electron chi connectivity index (χ0n) is 11.7. The van der Waals surface area contributed by atoms with Crippen molar-refractivity contribution in [1.29, 1.82) is 0 Å². The first-order valence-corrected chi connectivity index (χ1v) is 7.89. The molecule has 1 aromatic carbocycles. The predicted molar refractivity (Wildman–Crippen MR) is 88.7 cm³/mol. The van der Waals surface area contributed by atoms with Crippen molar-refractivity contribution in [1.82, 2.24) is 14.7 Å². The number of nitrogens with zero attached hydrogens (tertiary/aromatic N) is 2. The summed E-state index contributed by atoms with van der Waals surface area (Å²) in [5.74, 6) is 0. The highest BCUT2D eigenvalue weighted by Gasteiger charge is 2.03. The van der Waals surface area contributed by atoms with Gasteiger partial charge in [-0.3, -0.25) is 4.98 Å². The van der Waals surface area contributed by atoms with Crippen LogP contribution in [-0.4, -0.2) is 22.4 Å².